The molecule has 0 aliphatic carbocycles. The van der Waals surface area contributed by atoms with Crippen molar-refractivity contribution >= 4 is 5.84 Å². The fourth-order valence-electron chi connectivity index (χ4n) is 2.18. The Labute approximate surface area is 99.7 Å². The van der Waals surface area contributed by atoms with Crippen LogP contribution in [-0.4, -0.2) is 36.5 Å². The summed E-state index contributed by atoms with van der Waals surface area (Å²) in [5, 5.41) is 7.05. The van der Waals surface area contributed by atoms with Crippen LogP contribution in [0.3, 0.4) is 0 Å². The molecule has 1 atom stereocenters. The van der Waals surface area contributed by atoms with Gasteiger partial charge >= 0.3 is 6.18 Å². The summed E-state index contributed by atoms with van der Waals surface area (Å²) in [6.07, 6.45) is -1.05. The Morgan fingerprint density at radius 3 is 2.65 bits per heavy atom. The van der Waals surface area contributed by atoms with Crippen LogP contribution in [0.25, 0.3) is 0 Å². The molecule has 0 bridgehead atoms. The molecule has 0 radical (unpaired) electrons. The topological polar surface area (TPSA) is 53.1 Å². The third-order valence-corrected chi connectivity index (χ3v) is 3.14. The summed E-state index contributed by atoms with van der Waals surface area (Å²) >= 11 is 0. The summed E-state index contributed by atoms with van der Waals surface area (Å²) in [6.45, 7) is 1.57. The van der Waals surface area contributed by atoms with Gasteiger partial charge in [0.15, 0.2) is 0 Å². The molecule has 17 heavy (non-hydrogen) atoms. The van der Waals surface area contributed by atoms with E-state index in [9.17, 15) is 13.2 Å². The van der Waals surface area contributed by atoms with Gasteiger partial charge in [-0.05, 0) is 38.8 Å². The van der Waals surface area contributed by atoms with Gasteiger partial charge in [0.25, 0.3) is 0 Å². The van der Waals surface area contributed by atoms with Crippen molar-refractivity contribution in [3.63, 3.8) is 0 Å². The molecule has 0 saturated carbocycles. The van der Waals surface area contributed by atoms with Crippen LogP contribution in [0.2, 0.25) is 0 Å². The smallest absolute Gasteiger partial charge is 0.388 e. The molecule has 100 valence electrons. The van der Waals surface area contributed by atoms with Gasteiger partial charge < -0.3 is 10.6 Å². The Kier molecular flexibility index (Phi) is 5.24. The maximum atomic E-state index is 12.5. The predicted molar refractivity (Wildman–Crippen MR) is 61.0 cm³/mol. The molecule has 1 heterocycles. The van der Waals surface area contributed by atoms with Gasteiger partial charge in [-0.2, -0.15) is 13.2 Å². The first-order valence-corrected chi connectivity index (χ1v) is 6.01. The van der Waals surface area contributed by atoms with Crippen molar-refractivity contribution in [2.45, 2.75) is 38.3 Å². The van der Waals surface area contributed by atoms with Crippen molar-refractivity contribution in [3.05, 3.63) is 0 Å². The second-order valence-corrected chi connectivity index (χ2v) is 4.66. The number of halogens is 3. The van der Waals surface area contributed by atoms with Crippen LogP contribution in [0.5, 0.6) is 0 Å². The standard InChI is InChI=1S/C11H20F3N3/c12-11(13,14)9-4-3-7-17(8-9)6-2-1-5-10(15)16/h9H,1-8H2,(H3,15,16). The molecule has 1 aliphatic heterocycles. The number of hydrogen-bond acceptors (Lipinski definition) is 2. The summed E-state index contributed by atoms with van der Waals surface area (Å²) in [5.41, 5.74) is 5.21. The van der Waals surface area contributed by atoms with Gasteiger partial charge in [-0.1, -0.05) is 0 Å². The maximum absolute atomic E-state index is 12.5. The zero-order valence-electron chi connectivity index (χ0n) is 9.89. The predicted octanol–water partition coefficient (Wildman–Crippen LogP) is 2.37. The van der Waals surface area contributed by atoms with E-state index < -0.39 is 12.1 Å². The fourth-order valence-corrected chi connectivity index (χ4v) is 2.18. The van der Waals surface area contributed by atoms with Crippen molar-refractivity contribution < 1.29 is 13.2 Å². The normalized spacial score (nSPS) is 22.6. The SMILES string of the molecule is N=C(N)CCCCN1CCCC(C(F)(F)F)C1. The molecule has 3 nitrogen and oxygen atoms in total. The van der Waals surface area contributed by atoms with Crippen LogP contribution in [0, 0.1) is 11.3 Å². The summed E-state index contributed by atoms with van der Waals surface area (Å²) in [5.74, 6) is -1.01. The number of nitrogens with zero attached hydrogens (tertiary/aromatic N) is 1. The van der Waals surface area contributed by atoms with Gasteiger partial charge in [0.2, 0.25) is 0 Å². The molecule has 0 aromatic rings. The summed E-state index contributed by atoms with van der Waals surface area (Å²) < 4.78 is 37.6. The molecule has 0 aromatic carbocycles. The van der Waals surface area contributed by atoms with Gasteiger partial charge in [-0.15, -0.1) is 0 Å². The van der Waals surface area contributed by atoms with Crippen molar-refractivity contribution in [3.8, 4) is 0 Å². The van der Waals surface area contributed by atoms with E-state index in [0.717, 1.165) is 19.4 Å². The first kappa shape index (κ1) is 14.3. The van der Waals surface area contributed by atoms with Gasteiger partial charge in [0.05, 0.1) is 11.8 Å². The zero-order valence-corrected chi connectivity index (χ0v) is 9.89. The Morgan fingerprint density at radius 1 is 1.35 bits per heavy atom. The minimum Gasteiger partial charge on any atom is -0.388 e. The average molecular weight is 251 g/mol. The first-order chi connectivity index (χ1) is 7.89. The van der Waals surface area contributed by atoms with E-state index in [4.69, 9.17) is 11.1 Å². The molecule has 0 aromatic heterocycles. The van der Waals surface area contributed by atoms with Crippen molar-refractivity contribution in [1.82, 2.24) is 4.90 Å². The minimum atomic E-state index is -4.06. The second kappa shape index (κ2) is 6.23. The number of unbranched alkanes of at least 4 members (excludes halogenated alkanes) is 1. The quantitative estimate of drug-likeness (QED) is 0.448. The number of likely N-dealkylation sites (tertiary alicyclic amines) is 1. The summed E-state index contributed by atoms with van der Waals surface area (Å²) in [7, 11) is 0. The maximum Gasteiger partial charge on any atom is 0.393 e. The molecular weight excluding hydrogens is 231 g/mol. The largest absolute Gasteiger partial charge is 0.393 e. The average Bonchev–Trinajstić information content (AvgIpc) is 2.23. The molecule has 3 N–H and O–H groups in total. The highest BCUT2D eigenvalue weighted by Crippen LogP contribution is 2.33. The second-order valence-electron chi connectivity index (χ2n) is 4.66. The zero-order chi connectivity index (χ0) is 12.9. The molecule has 6 heteroatoms. The first-order valence-electron chi connectivity index (χ1n) is 6.01. The molecule has 0 spiro atoms. The highest BCUT2D eigenvalue weighted by molar-refractivity contribution is 5.76. The number of piperidine rings is 1. The van der Waals surface area contributed by atoms with Gasteiger partial charge in [0, 0.05) is 13.0 Å². The summed E-state index contributed by atoms with van der Waals surface area (Å²) in [6, 6.07) is 0. The van der Waals surface area contributed by atoms with Gasteiger partial charge in [-0.3, -0.25) is 5.41 Å². The lowest BCUT2D eigenvalue weighted by atomic mass is 9.97. The van der Waals surface area contributed by atoms with Gasteiger partial charge in [-0.25, -0.2) is 0 Å². The van der Waals surface area contributed by atoms with Crippen LogP contribution in [0.4, 0.5) is 13.2 Å². The van der Waals surface area contributed by atoms with Crippen LogP contribution in [-0.2, 0) is 0 Å². The molecular formula is C11H20F3N3. The molecule has 1 unspecified atom stereocenters. The Hall–Kier alpha value is -0.780. The molecule has 0 amide bonds. The van der Waals surface area contributed by atoms with Crippen LogP contribution in [0.15, 0.2) is 0 Å². The van der Waals surface area contributed by atoms with Crippen molar-refractivity contribution in [2.24, 2.45) is 11.7 Å². The lowest BCUT2D eigenvalue weighted by molar-refractivity contribution is -0.186. The molecule has 1 fully saturated rings. The van der Waals surface area contributed by atoms with Crippen LogP contribution < -0.4 is 5.73 Å². The van der Waals surface area contributed by atoms with E-state index in [0.29, 0.717) is 19.4 Å². The van der Waals surface area contributed by atoms with E-state index in [1.807, 2.05) is 4.90 Å². The Morgan fingerprint density at radius 2 is 2.06 bits per heavy atom. The minimum absolute atomic E-state index is 0.129. The van der Waals surface area contributed by atoms with Crippen LogP contribution in [0.1, 0.15) is 32.1 Å². The summed E-state index contributed by atoms with van der Waals surface area (Å²) in [4.78, 5) is 1.88. The van der Waals surface area contributed by atoms with E-state index in [1.165, 1.54) is 0 Å². The van der Waals surface area contributed by atoms with Crippen molar-refractivity contribution in [1.29, 1.82) is 5.41 Å². The lowest BCUT2D eigenvalue weighted by Crippen LogP contribution is -2.42. The number of hydrogen-bond donors (Lipinski definition) is 2. The fraction of sp³-hybridized carbons (Fsp3) is 0.909. The third kappa shape index (κ3) is 5.39. The Balaban J connectivity index is 2.23. The van der Waals surface area contributed by atoms with Gasteiger partial charge in [0.1, 0.15) is 0 Å². The van der Waals surface area contributed by atoms with E-state index in [-0.39, 0.29) is 18.8 Å². The number of amidine groups is 1. The number of alkyl halides is 3. The number of rotatable bonds is 5. The Bertz CT molecular complexity index is 253. The van der Waals surface area contributed by atoms with Crippen molar-refractivity contribution in [2.75, 3.05) is 19.6 Å². The van der Waals surface area contributed by atoms with E-state index in [2.05, 4.69) is 0 Å². The van der Waals surface area contributed by atoms with Crippen LogP contribution >= 0.6 is 0 Å². The lowest BCUT2D eigenvalue weighted by Gasteiger charge is -2.33. The van der Waals surface area contributed by atoms with E-state index >= 15 is 0 Å². The highest BCUT2D eigenvalue weighted by Gasteiger charge is 2.41. The molecule has 1 aliphatic rings. The monoisotopic (exact) mass is 251 g/mol. The van der Waals surface area contributed by atoms with E-state index in [1.54, 1.807) is 0 Å². The number of nitrogens with two attached hydrogens (primary N) is 1. The molecule has 1 saturated heterocycles. The number of nitrogens with one attached hydrogen (secondary N) is 1. The highest BCUT2D eigenvalue weighted by atomic mass is 19.4. The third-order valence-electron chi connectivity index (χ3n) is 3.14. The molecule has 1 rings (SSSR count).